The van der Waals surface area contributed by atoms with Gasteiger partial charge in [0.25, 0.3) is 0 Å². The van der Waals surface area contributed by atoms with Crippen molar-refractivity contribution in [3.8, 4) is 5.88 Å². The molecule has 0 saturated heterocycles. The van der Waals surface area contributed by atoms with E-state index in [2.05, 4.69) is 5.10 Å². The van der Waals surface area contributed by atoms with Crippen LogP contribution in [-0.4, -0.2) is 16.9 Å². The molecule has 0 aliphatic rings. The Morgan fingerprint density at radius 1 is 1.38 bits per heavy atom. The van der Waals surface area contributed by atoms with Gasteiger partial charge in [-0.15, -0.1) is 5.10 Å². The fourth-order valence-corrected chi connectivity index (χ4v) is 1.34. The lowest BCUT2D eigenvalue weighted by atomic mass is 9.89. The van der Waals surface area contributed by atoms with Crippen LogP contribution in [0.4, 0.5) is 4.39 Å². The van der Waals surface area contributed by atoms with Gasteiger partial charge in [0, 0.05) is 7.05 Å². The van der Waals surface area contributed by atoms with Gasteiger partial charge < -0.3 is 4.74 Å². The molecule has 0 saturated carbocycles. The molecule has 4 heteroatoms. The van der Waals surface area contributed by atoms with Crippen molar-refractivity contribution in [3.63, 3.8) is 0 Å². The molecule has 0 bridgehead atoms. The Balaban J connectivity index is 3.34. The van der Waals surface area contributed by atoms with Crippen LogP contribution in [0.3, 0.4) is 0 Å². The first-order valence-electron chi connectivity index (χ1n) is 4.15. The quantitative estimate of drug-likeness (QED) is 0.669. The van der Waals surface area contributed by atoms with Crippen molar-refractivity contribution in [3.05, 3.63) is 11.5 Å². The predicted octanol–water partition coefficient (Wildman–Crippen LogP) is 1.87. The van der Waals surface area contributed by atoms with Crippen molar-refractivity contribution in [1.82, 2.24) is 9.78 Å². The van der Waals surface area contributed by atoms with E-state index in [4.69, 9.17) is 4.74 Å². The van der Waals surface area contributed by atoms with E-state index < -0.39 is 5.95 Å². The van der Waals surface area contributed by atoms with E-state index in [1.165, 1.54) is 11.8 Å². The number of hydrogen-bond acceptors (Lipinski definition) is 2. The Morgan fingerprint density at radius 2 is 1.92 bits per heavy atom. The van der Waals surface area contributed by atoms with Gasteiger partial charge in [0.1, 0.15) is 0 Å². The molecule has 0 amide bonds. The molecule has 1 aromatic heterocycles. The van der Waals surface area contributed by atoms with Crippen LogP contribution in [0.25, 0.3) is 0 Å². The lowest BCUT2D eigenvalue weighted by molar-refractivity contribution is 0.360. The van der Waals surface area contributed by atoms with Crippen molar-refractivity contribution in [2.24, 2.45) is 7.05 Å². The summed E-state index contributed by atoms with van der Waals surface area (Å²) in [7, 11) is 3.18. The van der Waals surface area contributed by atoms with Crippen LogP contribution in [-0.2, 0) is 12.5 Å². The van der Waals surface area contributed by atoms with Crippen LogP contribution in [0.5, 0.6) is 5.88 Å². The number of methoxy groups -OCH3 is 1. The zero-order valence-corrected chi connectivity index (χ0v) is 8.68. The molecular formula is C9H15FN2O. The number of aryl methyl sites for hydroxylation is 1. The van der Waals surface area contributed by atoms with E-state index in [1.54, 1.807) is 7.05 Å². The second-order valence-corrected chi connectivity index (χ2v) is 4.05. The predicted molar refractivity (Wildman–Crippen MR) is 48.4 cm³/mol. The first-order chi connectivity index (χ1) is 5.88. The molecule has 1 rings (SSSR count). The third kappa shape index (κ3) is 1.66. The summed E-state index contributed by atoms with van der Waals surface area (Å²) < 4.78 is 19.8. The molecule has 74 valence electrons. The molecule has 0 N–H and O–H groups in total. The molecule has 1 aromatic rings. The Bertz CT molecular complexity index is 312. The van der Waals surface area contributed by atoms with Gasteiger partial charge in [0.15, 0.2) is 0 Å². The molecule has 0 radical (unpaired) electrons. The van der Waals surface area contributed by atoms with Crippen molar-refractivity contribution >= 4 is 0 Å². The molecule has 1 heterocycles. The minimum Gasteiger partial charge on any atom is -0.481 e. The van der Waals surface area contributed by atoms with Crippen molar-refractivity contribution in [1.29, 1.82) is 0 Å². The maximum Gasteiger partial charge on any atom is 0.240 e. The van der Waals surface area contributed by atoms with Crippen LogP contribution >= 0.6 is 0 Å². The zero-order valence-electron chi connectivity index (χ0n) is 8.68. The van der Waals surface area contributed by atoms with Crippen LogP contribution in [0, 0.1) is 5.95 Å². The normalized spacial score (nSPS) is 11.8. The lowest BCUT2D eigenvalue weighted by Gasteiger charge is -2.17. The number of aromatic nitrogens is 2. The topological polar surface area (TPSA) is 27.1 Å². The first kappa shape index (κ1) is 10.0. The van der Waals surface area contributed by atoms with E-state index in [9.17, 15) is 4.39 Å². The summed E-state index contributed by atoms with van der Waals surface area (Å²) in [6, 6.07) is 0. The zero-order chi connectivity index (χ0) is 10.2. The standard InChI is InChI=1S/C9H15FN2O/c1-9(2,3)6-7(10)11-12(4)8(6)13-5/h1-5H3. The number of halogens is 1. The molecule has 0 spiro atoms. The summed E-state index contributed by atoms with van der Waals surface area (Å²) >= 11 is 0. The molecule has 0 aliphatic heterocycles. The Labute approximate surface area is 77.5 Å². The maximum atomic E-state index is 13.3. The Kier molecular flexibility index (Phi) is 2.32. The largest absolute Gasteiger partial charge is 0.481 e. The third-order valence-corrected chi connectivity index (χ3v) is 1.90. The maximum absolute atomic E-state index is 13.3. The summed E-state index contributed by atoms with van der Waals surface area (Å²) in [4.78, 5) is 0. The van der Waals surface area contributed by atoms with Gasteiger partial charge in [0.05, 0.1) is 12.7 Å². The number of ether oxygens (including phenoxy) is 1. The highest BCUT2D eigenvalue weighted by Crippen LogP contribution is 2.32. The van der Waals surface area contributed by atoms with Crippen LogP contribution in [0.15, 0.2) is 0 Å². The average molecular weight is 186 g/mol. The van der Waals surface area contributed by atoms with Gasteiger partial charge in [-0.25, -0.2) is 4.68 Å². The second-order valence-electron chi connectivity index (χ2n) is 4.05. The molecule has 3 nitrogen and oxygen atoms in total. The monoisotopic (exact) mass is 186 g/mol. The van der Waals surface area contributed by atoms with Crippen LogP contribution in [0.1, 0.15) is 26.3 Å². The van der Waals surface area contributed by atoms with Crippen LogP contribution < -0.4 is 4.74 Å². The summed E-state index contributed by atoms with van der Waals surface area (Å²) in [5, 5.41) is 3.67. The van der Waals surface area contributed by atoms with Gasteiger partial charge in [-0.2, -0.15) is 4.39 Å². The van der Waals surface area contributed by atoms with Gasteiger partial charge in [-0.05, 0) is 5.41 Å². The van der Waals surface area contributed by atoms with Crippen molar-refractivity contribution < 1.29 is 9.13 Å². The Morgan fingerprint density at radius 3 is 2.23 bits per heavy atom. The van der Waals surface area contributed by atoms with E-state index >= 15 is 0 Å². The minimum atomic E-state index is -0.452. The molecule has 0 aliphatic carbocycles. The smallest absolute Gasteiger partial charge is 0.240 e. The third-order valence-electron chi connectivity index (χ3n) is 1.90. The van der Waals surface area contributed by atoms with Gasteiger partial charge in [-0.1, -0.05) is 20.8 Å². The SMILES string of the molecule is COc1c(C(C)(C)C)c(F)nn1C. The average Bonchev–Trinajstić information content (AvgIpc) is 2.23. The highest BCUT2D eigenvalue weighted by atomic mass is 19.1. The van der Waals surface area contributed by atoms with Crippen molar-refractivity contribution in [2.45, 2.75) is 26.2 Å². The Hall–Kier alpha value is -1.06. The summed E-state index contributed by atoms with van der Waals surface area (Å²) in [5.74, 6) is 0.0388. The van der Waals surface area contributed by atoms with E-state index in [-0.39, 0.29) is 5.41 Å². The van der Waals surface area contributed by atoms with Crippen LogP contribution in [0.2, 0.25) is 0 Å². The molecule has 13 heavy (non-hydrogen) atoms. The highest BCUT2D eigenvalue weighted by molar-refractivity contribution is 5.32. The summed E-state index contributed by atoms with van der Waals surface area (Å²) in [6.07, 6.45) is 0. The number of hydrogen-bond donors (Lipinski definition) is 0. The van der Waals surface area contributed by atoms with Gasteiger partial charge in [0.2, 0.25) is 11.8 Å². The molecular weight excluding hydrogens is 171 g/mol. The molecule has 0 atom stereocenters. The molecule has 0 fully saturated rings. The highest BCUT2D eigenvalue weighted by Gasteiger charge is 2.27. The number of nitrogens with zero attached hydrogens (tertiary/aromatic N) is 2. The minimum absolute atomic E-state index is 0.288. The first-order valence-corrected chi connectivity index (χ1v) is 4.15. The fourth-order valence-electron chi connectivity index (χ4n) is 1.34. The molecule has 0 unspecified atom stereocenters. The van der Waals surface area contributed by atoms with E-state index in [1.807, 2.05) is 20.8 Å². The van der Waals surface area contributed by atoms with Gasteiger partial charge in [-0.3, -0.25) is 0 Å². The van der Waals surface area contributed by atoms with Gasteiger partial charge >= 0.3 is 0 Å². The molecule has 0 aromatic carbocycles. The lowest BCUT2D eigenvalue weighted by Crippen LogP contribution is -2.13. The second kappa shape index (κ2) is 3.01. The summed E-state index contributed by atoms with van der Waals surface area (Å²) in [6.45, 7) is 5.78. The van der Waals surface area contributed by atoms with Crippen molar-refractivity contribution in [2.75, 3.05) is 7.11 Å². The fraction of sp³-hybridized carbons (Fsp3) is 0.667. The van der Waals surface area contributed by atoms with E-state index in [0.717, 1.165) is 0 Å². The van der Waals surface area contributed by atoms with E-state index in [0.29, 0.717) is 11.4 Å². The summed E-state index contributed by atoms with van der Waals surface area (Å²) in [5.41, 5.74) is 0.237. The number of rotatable bonds is 1.